The summed E-state index contributed by atoms with van der Waals surface area (Å²) in [6, 6.07) is 7.81. The normalized spacial score (nSPS) is 13.0. The Kier molecular flexibility index (Phi) is 6.28. The molecular weight excluding hydrogens is 434 g/mol. The van der Waals surface area contributed by atoms with E-state index in [4.69, 9.17) is 10.6 Å². The third-order valence-corrected chi connectivity index (χ3v) is 7.27. The number of carbonyl (C=O) groups excluding carboxylic acids is 2. The van der Waals surface area contributed by atoms with Crippen molar-refractivity contribution in [2.45, 2.75) is 37.8 Å². The standard InChI is InChI=1S/C21H23N5O3S2/c1-12-7-9-13(10-8-12)18-24-25-21(26(18)22)30-11-16(27)23-19-17(20(28)29-2)14-5-3-4-6-15(14)31-19/h7-10H,3-6,11,22H2,1-2H3,(H,23,27). The van der Waals surface area contributed by atoms with Crippen LogP contribution in [0, 0.1) is 6.92 Å². The number of thiophene rings is 1. The van der Waals surface area contributed by atoms with Crippen LogP contribution in [0.5, 0.6) is 0 Å². The molecule has 0 fully saturated rings. The Hall–Kier alpha value is -2.85. The smallest absolute Gasteiger partial charge is 0.341 e. The highest BCUT2D eigenvalue weighted by molar-refractivity contribution is 7.99. The Labute approximate surface area is 188 Å². The quantitative estimate of drug-likeness (QED) is 0.331. The summed E-state index contributed by atoms with van der Waals surface area (Å²) in [7, 11) is 1.36. The maximum atomic E-state index is 12.6. The molecule has 10 heteroatoms. The number of benzene rings is 1. The molecule has 2 aromatic heterocycles. The number of amides is 1. The van der Waals surface area contributed by atoms with Gasteiger partial charge in [0.15, 0.2) is 5.82 Å². The molecule has 1 aliphatic carbocycles. The molecule has 3 N–H and O–H groups in total. The molecule has 162 valence electrons. The molecular formula is C21H23N5O3S2. The Bertz CT molecular complexity index is 1120. The van der Waals surface area contributed by atoms with Crippen LogP contribution in [0.15, 0.2) is 29.4 Å². The molecule has 0 unspecified atom stereocenters. The van der Waals surface area contributed by atoms with Crippen LogP contribution in [0.4, 0.5) is 5.00 Å². The van der Waals surface area contributed by atoms with Gasteiger partial charge in [0, 0.05) is 10.4 Å². The number of anilines is 1. The minimum atomic E-state index is -0.410. The number of esters is 1. The molecule has 1 amide bonds. The van der Waals surface area contributed by atoms with Gasteiger partial charge in [0.1, 0.15) is 5.00 Å². The number of nitrogens with two attached hydrogens (primary N) is 1. The highest BCUT2D eigenvalue weighted by atomic mass is 32.2. The van der Waals surface area contributed by atoms with Gasteiger partial charge in [0.05, 0.1) is 18.4 Å². The van der Waals surface area contributed by atoms with E-state index in [0.29, 0.717) is 21.5 Å². The molecule has 4 rings (SSSR count). The number of hydrogen-bond donors (Lipinski definition) is 2. The predicted octanol–water partition coefficient (Wildman–Crippen LogP) is 3.43. The number of aromatic nitrogens is 3. The van der Waals surface area contributed by atoms with Crippen molar-refractivity contribution in [3.05, 3.63) is 45.8 Å². The number of thioether (sulfide) groups is 1. The molecule has 0 atom stereocenters. The van der Waals surface area contributed by atoms with Gasteiger partial charge < -0.3 is 15.9 Å². The van der Waals surface area contributed by atoms with Crippen LogP contribution in [0.25, 0.3) is 11.4 Å². The second-order valence-corrected chi connectivity index (χ2v) is 9.33. The van der Waals surface area contributed by atoms with Gasteiger partial charge in [0.2, 0.25) is 11.1 Å². The number of rotatable bonds is 6. The summed E-state index contributed by atoms with van der Waals surface area (Å²) in [5, 5.41) is 12.1. The summed E-state index contributed by atoms with van der Waals surface area (Å²) >= 11 is 2.65. The molecule has 0 aliphatic heterocycles. The summed E-state index contributed by atoms with van der Waals surface area (Å²) < 4.78 is 6.33. The number of fused-ring (bicyclic) bond motifs is 1. The van der Waals surface area contributed by atoms with E-state index >= 15 is 0 Å². The lowest BCUT2D eigenvalue weighted by Gasteiger charge is -2.11. The first-order valence-electron chi connectivity index (χ1n) is 9.91. The van der Waals surface area contributed by atoms with E-state index in [-0.39, 0.29) is 11.7 Å². The van der Waals surface area contributed by atoms with E-state index in [1.54, 1.807) is 0 Å². The van der Waals surface area contributed by atoms with Gasteiger partial charge in [-0.1, -0.05) is 41.6 Å². The third kappa shape index (κ3) is 4.45. The lowest BCUT2D eigenvalue weighted by Crippen LogP contribution is -2.18. The minimum Gasteiger partial charge on any atom is -0.465 e. The average molecular weight is 458 g/mol. The molecule has 1 aliphatic rings. The van der Waals surface area contributed by atoms with Crippen LogP contribution in [0.3, 0.4) is 0 Å². The van der Waals surface area contributed by atoms with Crippen LogP contribution in [0.2, 0.25) is 0 Å². The van der Waals surface area contributed by atoms with Crippen molar-refractivity contribution in [1.29, 1.82) is 0 Å². The predicted molar refractivity (Wildman–Crippen MR) is 122 cm³/mol. The zero-order valence-corrected chi connectivity index (χ0v) is 18.9. The van der Waals surface area contributed by atoms with Crippen LogP contribution in [-0.2, 0) is 22.4 Å². The zero-order valence-electron chi connectivity index (χ0n) is 17.3. The first-order chi connectivity index (χ1) is 15.0. The summed E-state index contributed by atoms with van der Waals surface area (Å²) in [6.07, 6.45) is 3.88. The van der Waals surface area contributed by atoms with Crippen molar-refractivity contribution < 1.29 is 14.3 Å². The van der Waals surface area contributed by atoms with E-state index in [1.165, 1.54) is 34.9 Å². The summed E-state index contributed by atoms with van der Waals surface area (Å²) in [4.78, 5) is 26.1. The van der Waals surface area contributed by atoms with Gasteiger partial charge in [-0.15, -0.1) is 21.5 Å². The number of methoxy groups -OCH3 is 1. The second-order valence-electron chi connectivity index (χ2n) is 7.29. The van der Waals surface area contributed by atoms with Crippen LogP contribution < -0.4 is 11.2 Å². The van der Waals surface area contributed by atoms with Gasteiger partial charge in [-0.05, 0) is 38.2 Å². The summed E-state index contributed by atoms with van der Waals surface area (Å²) in [5.74, 6) is 6.11. The number of carbonyl (C=O) groups is 2. The highest BCUT2D eigenvalue weighted by Crippen LogP contribution is 2.38. The van der Waals surface area contributed by atoms with Crippen molar-refractivity contribution in [3.63, 3.8) is 0 Å². The van der Waals surface area contributed by atoms with Crippen molar-refractivity contribution in [2.75, 3.05) is 24.0 Å². The van der Waals surface area contributed by atoms with E-state index in [1.807, 2.05) is 31.2 Å². The number of hydrogen-bond acceptors (Lipinski definition) is 8. The Morgan fingerprint density at radius 3 is 2.71 bits per heavy atom. The highest BCUT2D eigenvalue weighted by Gasteiger charge is 2.27. The molecule has 8 nitrogen and oxygen atoms in total. The Morgan fingerprint density at radius 2 is 1.97 bits per heavy atom. The molecule has 0 radical (unpaired) electrons. The van der Waals surface area contributed by atoms with Gasteiger partial charge in [-0.25, -0.2) is 9.47 Å². The van der Waals surface area contributed by atoms with E-state index in [0.717, 1.165) is 47.3 Å². The largest absolute Gasteiger partial charge is 0.465 e. The number of nitrogen functional groups attached to an aromatic ring is 1. The fraction of sp³-hybridized carbons (Fsp3) is 0.333. The van der Waals surface area contributed by atoms with Gasteiger partial charge in [-0.3, -0.25) is 4.79 Å². The zero-order chi connectivity index (χ0) is 22.0. The van der Waals surface area contributed by atoms with Gasteiger partial charge >= 0.3 is 5.97 Å². The van der Waals surface area contributed by atoms with Gasteiger partial charge in [-0.2, -0.15) is 0 Å². The maximum Gasteiger partial charge on any atom is 0.341 e. The number of aryl methyl sites for hydroxylation is 2. The maximum absolute atomic E-state index is 12.6. The van der Waals surface area contributed by atoms with E-state index < -0.39 is 5.97 Å². The Morgan fingerprint density at radius 1 is 1.23 bits per heavy atom. The summed E-state index contributed by atoms with van der Waals surface area (Å²) in [6.45, 7) is 2.01. The molecule has 0 saturated heterocycles. The van der Waals surface area contributed by atoms with Crippen molar-refractivity contribution in [2.24, 2.45) is 0 Å². The minimum absolute atomic E-state index is 0.0897. The van der Waals surface area contributed by atoms with Crippen LogP contribution >= 0.6 is 23.1 Å². The number of nitrogens with one attached hydrogen (secondary N) is 1. The SMILES string of the molecule is COC(=O)c1c(NC(=O)CSc2nnc(-c3ccc(C)cc3)n2N)sc2c1CCCC2. The average Bonchev–Trinajstić information content (AvgIpc) is 3.32. The number of nitrogens with zero attached hydrogens (tertiary/aromatic N) is 3. The first kappa shape index (κ1) is 21.4. The fourth-order valence-electron chi connectivity index (χ4n) is 3.54. The van der Waals surface area contributed by atoms with E-state index in [2.05, 4.69) is 15.5 Å². The second kappa shape index (κ2) is 9.11. The van der Waals surface area contributed by atoms with Crippen molar-refractivity contribution in [3.8, 4) is 11.4 Å². The molecule has 31 heavy (non-hydrogen) atoms. The molecule has 1 aromatic carbocycles. The Balaban J connectivity index is 1.45. The van der Waals surface area contributed by atoms with Gasteiger partial charge in [0.25, 0.3) is 0 Å². The van der Waals surface area contributed by atoms with Crippen LogP contribution in [0.1, 0.15) is 39.2 Å². The lowest BCUT2D eigenvalue weighted by molar-refractivity contribution is -0.113. The molecule has 0 saturated carbocycles. The molecule has 2 heterocycles. The summed E-state index contributed by atoms with van der Waals surface area (Å²) in [5.41, 5.74) is 3.49. The molecule has 0 bridgehead atoms. The first-order valence-corrected chi connectivity index (χ1v) is 11.7. The monoisotopic (exact) mass is 457 g/mol. The topological polar surface area (TPSA) is 112 Å². The fourth-order valence-corrected chi connectivity index (χ4v) is 5.49. The lowest BCUT2D eigenvalue weighted by atomic mass is 9.95. The number of ether oxygens (including phenoxy) is 1. The van der Waals surface area contributed by atoms with Crippen LogP contribution in [-0.4, -0.2) is 39.6 Å². The van der Waals surface area contributed by atoms with E-state index in [9.17, 15) is 9.59 Å². The van der Waals surface area contributed by atoms with Crippen molar-refractivity contribution in [1.82, 2.24) is 14.9 Å². The third-order valence-electron chi connectivity index (χ3n) is 5.12. The molecule has 3 aromatic rings. The molecule has 0 spiro atoms. The van der Waals surface area contributed by atoms with Crippen molar-refractivity contribution >= 4 is 40.0 Å².